The molecule has 0 amide bonds. The summed E-state index contributed by atoms with van der Waals surface area (Å²) in [4.78, 5) is 23.1. The molecule has 0 heterocycles. The van der Waals surface area contributed by atoms with Crippen LogP contribution in [0.3, 0.4) is 0 Å². The summed E-state index contributed by atoms with van der Waals surface area (Å²) in [6, 6.07) is 6.33. The van der Waals surface area contributed by atoms with Gasteiger partial charge >= 0.3 is 12.1 Å². The predicted octanol–water partition coefficient (Wildman–Crippen LogP) is 3.20. The molecule has 1 radical (unpaired) electrons. The maximum Gasteiger partial charge on any atom is 0.514 e. The van der Waals surface area contributed by atoms with Gasteiger partial charge in [0.25, 0.3) is 0 Å². The monoisotopic (exact) mass is 265 g/mol. The molecule has 1 aromatic carbocycles. The number of ether oxygens (including phenoxy) is 3. The normalized spacial score (nSPS) is 10.1. The van der Waals surface area contributed by atoms with Crippen molar-refractivity contribution in [3.05, 3.63) is 36.4 Å². The number of hydrogen-bond donors (Lipinski definition) is 0. The van der Waals surface area contributed by atoms with E-state index in [2.05, 4.69) is 0 Å². The molecule has 0 aliphatic carbocycles. The molecule has 0 bridgehead atoms. The first-order valence-electron chi connectivity index (χ1n) is 6.02. The van der Waals surface area contributed by atoms with E-state index < -0.39 is 12.1 Å². The molecule has 0 atom stereocenters. The van der Waals surface area contributed by atoms with Crippen LogP contribution in [-0.4, -0.2) is 18.7 Å². The van der Waals surface area contributed by atoms with Crippen molar-refractivity contribution in [2.24, 2.45) is 5.92 Å². The van der Waals surface area contributed by atoms with E-state index in [4.69, 9.17) is 14.2 Å². The highest BCUT2D eigenvalue weighted by molar-refractivity contribution is 5.93. The van der Waals surface area contributed by atoms with Gasteiger partial charge in [0, 0.05) is 0 Å². The highest BCUT2D eigenvalue weighted by Crippen LogP contribution is 2.19. The van der Waals surface area contributed by atoms with Crippen molar-refractivity contribution in [3.63, 3.8) is 0 Å². The fourth-order valence-electron chi connectivity index (χ4n) is 1.24. The van der Waals surface area contributed by atoms with E-state index in [0.29, 0.717) is 0 Å². The molecule has 103 valence electrons. The van der Waals surface area contributed by atoms with Crippen LogP contribution in [0.1, 0.15) is 31.1 Å². The van der Waals surface area contributed by atoms with Gasteiger partial charge in [-0.25, -0.2) is 9.59 Å². The minimum atomic E-state index is -0.884. The van der Waals surface area contributed by atoms with Crippen molar-refractivity contribution in [2.75, 3.05) is 6.61 Å². The maximum absolute atomic E-state index is 11.7. The van der Waals surface area contributed by atoms with Gasteiger partial charge in [-0.1, -0.05) is 26.0 Å². The molecule has 1 rings (SSSR count). The summed E-state index contributed by atoms with van der Waals surface area (Å²) < 4.78 is 14.6. The Balaban J connectivity index is 2.72. The summed E-state index contributed by atoms with van der Waals surface area (Å²) >= 11 is 0. The quantitative estimate of drug-likeness (QED) is 0.604. The van der Waals surface area contributed by atoms with Crippen LogP contribution in [0.4, 0.5) is 4.79 Å². The molecule has 0 aliphatic rings. The van der Waals surface area contributed by atoms with Crippen LogP contribution in [0.15, 0.2) is 24.3 Å². The van der Waals surface area contributed by atoms with E-state index in [-0.39, 0.29) is 23.8 Å². The van der Waals surface area contributed by atoms with Gasteiger partial charge in [0.15, 0.2) is 0 Å². The molecule has 0 N–H and O–H groups in total. The minimum absolute atomic E-state index is 0.0906. The van der Waals surface area contributed by atoms with Gasteiger partial charge < -0.3 is 14.2 Å². The number of para-hydroxylation sites is 1. The third-order valence-electron chi connectivity index (χ3n) is 2.01. The third-order valence-corrected chi connectivity index (χ3v) is 2.01. The van der Waals surface area contributed by atoms with Crippen LogP contribution in [0.5, 0.6) is 5.75 Å². The van der Waals surface area contributed by atoms with Crippen LogP contribution in [0, 0.1) is 12.5 Å². The second-order valence-corrected chi connectivity index (χ2v) is 4.07. The van der Waals surface area contributed by atoms with Gasteiger partial charge in [0.2, 0.25) is 0 Å². The van der Waals surface area contributed by atoms with Gasteiger partial charge in [-0.05, 0) is 25.0 Å². The SMILES string of the molecule is CCOC(=O)c1ccccc1OC(=O)O[CH]C(C)C. The average Bonchev–Trinajstić information content (AvgIpc) is 2.37. The van der Waals surface area contributed by atoms with E-state index in [1.165, 1.54) is 18.7 Å². The molecule has 0 saturated carbocycles. The van der Waals surface area contributed by atoms with Gasteiger partial charge in [-0.2, -0.15) is 0 Å². The van der Waals surface area contributed by atoms with E-state index in [1.54, 1.807) is 19.1 Å². The van der Waals surface area contributed by atoms with Crippen molar-refractivity contribution in [3.8, 4) is 5.75 Å². The Bertz CT molecular complexity index is 439. The van der Waals surface area contributed by atoms with E-state index in [9.17, 15) is 9.59 Å². The van der Waals surface area contributed by atoms with Crippen molar-refractivity contribution >= 4 is 12.1 Å². The zero-order valence-electron chi connectivity index (χ0n) is 11.2. The standard InChI is InChI=1S/C14H17O5/c1-4-17-13(15)11-7-5-6-8-12(11)19-14(16)18-9-10(2)3/h5-10H,4H2,1-3H3. The van der Waals surface area contributed by atoms with Crippen LogP contribution in [-0.2, 0) is 9.47 Å². The number of benzene rings is 1. The number of hydrogen-bond acceptors (Lipinski definition) is 5. The molecule has 1 aromatic rings. The van der Waals surface area contributed by atoms with Crippen LogP contribution in [0.25, 0.3) is 0 Å². The van der Waals surface area contributed by atoms with Crippen LogP contribution < -0.4 is 4.74 Å². The summed E-state index contributed by atoms with van der Waals surface area (Å²) in [5.74, 6) is -0.338. The lowest BCUT2D eigenvalue weighted by Crippen LogP contribution is -2.14. The van der Waals surface area contributed by atoms with Crippen molar-refractivity contribution in [1.82, 2.24) is 0 Å². The molecule has 0 aromatic heterocycles. The van der Waals surface area contributed by atoms with Crippen molar-refractivity contribution in [2.45, 2.75) is 20.8 Å². The molecule has 19 heavy (non-hydrogen) atoms. The highest BCUT2D eigenvalue weighted by Gasteiger charge is 2.16. The van der Waals surface area contributed by atoms with Crippen LogP contribution in [0.2, 0.25) is 0 Å². The number of rotatable bonds is 5. The lowest BCUT2D eigenvalue weighted by molar-refractivity contribution is 0.0521. The van der Waals surface area contributed by atoms with Gasteiger partial charge in [0.1, 0.15) is 17.9 Å². The molecule has 0 saturated heterocycles. The summed E-state index contributed by atoms with van der Waals surface area (Å²) in [5.41, 5.74) is 0.186. The highest BCUT2D eigenvalue weighted by atomic mass is 16.7. The molecule has 0 spiro atoms. The summed E-state index contributed by atoms with van der Waals surface area (Å²) in [7, 11) is 0. The fraction of sp³-hybridized carbons (Fsp3) is 0.357. The number of esters is 1. The summed E-state index contributed by atoms with van der Waals surface area (Å²) in [6.45, 7) is 7.03. The average molecular weight is 265 g/mol. The van der Waals surface area contributed by atoms with Gasteiger partial charge in [-0.3, -0.25) is 0 Å². The van der Waals surface area contributed by atoms with E-state index in [0.717, 1.165) is 0 Å². The number of carbonyl (C=O) groups excluding carboxylic acids is 2. The molecule has 5 nitrogen and oxygen atoms in total. The van der Waals surface area contributed by atoms with Gasteiger partial charge in [-0.15, -0.1) is 0 Å². The zero-order valence-corrected chi connectivity index (χ0v) is 11.2. The van der Waals surface area contributed by atoms with Gasteiger partial charge in [0.05, 0.1) is 6.61 Å². The molecule has 5 heteroatoms. The molecular formula is C14H17O5. The topological polar surface area (TPSA) is 61.8 Å². The third kappa shape index (κ3) is 4.99. The smallest absolute Gasteiger partial charge is 0.462 e. The summed E-state index contributed by atoms with van der Waals surface area (Å²) in [6.07, 6.45) is -0.884. The Morgan fingerprint density at radius 2 is 1.95 bits per heavy atom. The first-order valence-corrected chi connectivity index (χ1v) is 6.02. The van der Waals surface area contributed by atoms with E-state index >= 15 is 0 Å². The zero-order chi connectivity index (χ0) is 14.3. The lowest BCUT2D eigenvalue weighted by Gasteiger charge is -2.10. The minimum Gasteiger partial charge on any atom is -0.462 e. The second kappa shape index (κ2) is 7.41. The van der Waals surface area contributed by atoms with Crippen molar-refractivity contribution < 1.29 is 23.8 Å². The van der Waals surface area contributed by atoms with Crippen molar-refractivity contribution in [1.29, 1.82) is 0 Å². The first kappa shape index (κ1) is 15.0. The molecule has 0 aliphatic heterocycles. The molecule has 0 fully saturated rings. The number of carbonyl (C=O) groups is 2. The second-order valence-electron chi connectivity index (χ2n) is 4.07. The Morgan fingerprint density at radius 3 is 2.58 bits per heavy atom. The lowest BCUT2D eigenvalue weighted by atomic mass is 10.2. The predicted molar refractivity (Wildman–Crippen MR) is 68.6 cm³/mol. The first-order chi connectivity index (χ1) is 9.04. The Morgan fingerprint density at radius 1 is 1.26 bits per heavy atom. The Kier molecular flexibility index (Phi) is 5.85. The Labute approximate surface area is 112 Å². The Hall–Kier alpha value is -2.04. The molecule has 0 unspecified atom stereocenters. The maximum atomic E-state index is 11.7. The van der Waals surface area contributed by atoms with E-state index in [1.807, 2.05) is 13.8 Å². The molecular weight excluding hydrogens is 248 g/mol. The largest absolute Gasteiger partial charge is 0.514 e. The van der Waals surface area contributed by atoms with Crippen LogP contribution >= 0.6 is 0 Å². The summed E-state index contributed by atoms with van der Waals surface area (Å²) in [5, 5.41) is 0. The fourth-order valence-corrected chi connectivity index (χ4v) is 1.24.